The van der Waals surface area contributed by atoms with Crippen LogP contribution in [-0.2, 0) is 0 Å². The minimum atomic E-state index is 0.399. The van der Waals surface area contributed by atoms with Gasteiger partial charge in [0.1, 0.15) is 10.3 Å². The summed E-state index contributed by atoms with van der Waals surface area (Å²) in [4.78, 5) is 10.7. The molecule has 2 bridgehead atoms. The highest BCUT2D eigenvalue weighted by molar-refractivity contribution is 6.33. The number of piperidine rings is 2. The molecule has 2 aliphatic heterocycles. The number of rotatable bonds is 2. The molecule has 1 unspecified atom stereocenters. The van der Waals surface area contributed by atoms with E-state index < -0.39 is 0 Å². The van der Waals surface area contributed by atoms with E-state index in [9.17, 15) is 0 Å². The van der Waals surface area contributed by atoms with Crippen LogP contribution in [0, 0.1) is 0 Å². The summed E-state index contributed by atoms with van der Waals surface area (Å²) in [7, 11) is 2.04. The first-order valence-electron chi connectivity index (χ1n) is 6.81. The first-order valence-corrected chi connectivity index (χ1v) is 7.56. The van der Waals surface area contributed by atoms with Crippen LogP contribution in [0.25, 0.3) is 0 Å². The molecule has 0 spiro atoms. The largest absolute Gasteiger partial charge is 0.341 e. The molecule has 0 amide bonds. The lowest BCUT2D eigenvalue weighted by Crippen LogP contribution is -2.54. The maximum atomic E-state index is 5.95. The Balaban J connectivity index is 1.77. The third kappa shape index (κ3) is 2.96. The fraction of sp³-hybridized carbons (Fsp3) is 0.692. The summed E-state index contributed by atoms with van der Waals surface area (Å²) in [5, 5.41) is 4.49. The third-order valence-corrected chi connectivity index (χ3v) is 4.59. The summed E-state index contributed by atoms with van der Waals surface area (Å²) in [6.07, 6.45) is 6.18. The Morgan fingerprint density at radius 2 is 1.74 bits per heavy atom. The predicted octanol–water partition coefficient (Wildman–Crippen LogP) is 2.89. The zero-order valence-electron chi connectivity index (χ0n) is 10.9. The molecule has 0 radical (unpaired) electrons. The van der Waals surface area contributed by atoms with Gasteiger partial charge in [0.25, 0.3) is 0 Å². The smallest absolute Gasteiger partial charge is 0.228 e. The fourth-order valence-electron chi connectivity index (χ4n) is 3.25. The van der Waals surface area contributed by atoms with Gasteiger partial charge in [0.15, 0.2) is 0 Å². The molecular weight excluding hydrogens is 283 g/mol. The Morgan fingerprint density at radius 3 is 2.32 bits per heavy atom. The van der Waals surface area contributed by atoms with Crippen molar-refractivity contribution < 1.29 is 0 Å². The molecule has 0 saturated carbocycles. The van der Waals surface area contributed by atoms with Gasteiger partial charge in [-0.2, -0.15) is 0 Å². The highest BCUT2D eigenvalue weighted by Crippen LogP contribution is 2.30. The molecule has 104 valence electrons. The molecule has 2 fully saturated rings. The SMILES string of the molecule is CN(c1nc(Cl)cc(Cl)n1)C1C[C@H]2CCC[C@@H](C1)N2. The summed E-state index contributed by atoms with van der Waals surface area (Å²) < 4.78 is 0. The molecule has 1 aromatic heterocycles. The van der Waals surface area contributed by atoms with Crippen molar-refractivity contribution >= 4 is 29.2 Å². The van der Waals surface area contributed by atoms with Gasteiger partial charge in [-0.25, -0.2) is 9.97 Å². The Bertz CT molecular complexity index is 436. The van der Waals surface area contributed by atoms with Crippen LogP contribution in [0.15, 0.2) is 6.07 Å². The number of fused-ring (bicyclic) bond motifs is 2. The fourth-order valence-corrected chi connectivity index (χ4v) is 3.67. The molecule has 4 nitrogen and oxygen atoms in total. The van der Waals surface area contributed by atoms with Crippen molar-refractivity contribution in [3.63, 3.8) is 0 Å². The Morgan fingerprint density at radius 1 is 1.16 bits per heavy atom. The van der Waals surface area contributed by atoms with Crippen molar-refractivity contribution in [2.45, 2.75) is 50.2 Å². The number of aromatic nitrogens is 2. The standard InChI is InChI=1S/C13H18Cl2N4/c1-19(13-17-11(14)7-12(15)18-13)10-5-8-3-2-4-9(6-10)16-8/h7-10,16H,2-6H2,1H3/t8-,9+,10?. The number of halogens is 2. The van der Waals surface area contributed by atoms with Gasteiger partial charge in [0, 0.05) is 31.2 Å². The number of anilines is 1. The summed E-state index contributed by atoms with van der Waals surface area (Å²) in [5.41, 5.74) is 0. The Hall–Kier alpha value is -0.580. The second-order valence-electron chi connectivity index (χ2n) is 5.54. The van der Waals surface area contributed by atoms with E-state index >= 15 is 0 Å². The summed E-state index contributed by atoms with van der Waals surface area (Å²) in [6, 6.07) is 3.30. The van der Waals surface area contributed by atoms with E-state index in [0.29, 0.717) is 34.4 Å². The molecule has 6 heteroatoms. The van der Waals surface area contributed by atoms with Crippen LogP contribution in [-0.4, -0.2) is 35.1 Å². The number of hydrogen-bond donors (Lipinski definition) is 1. The molecule has 0 aliphatic carbocycles. The van der Waals surface area contributed by atoms with E-state index in [-0.39, 0.29) is 0 Å². The lowest BCUT2D eigenvalue weighted by atomic mass is 9.83. The third-order valence-electron chi connectivity index (χ3n) is 4.20. The van der Waals surface area contributed by atoms with Gasteiger partial charge in [-0.1, -0.05) is 29.6 Å². The van der Waals surface area contributed by atoms with E-state index in [4.69, 9.17) is 23.2 Å². The van der Waals surface area contributed by atoms with E-state index in [2.05, 4.69) is 20.2 Å². The summed E-state index contributed by atoms with van der Waals surface area (Å²) >= 11 is 11.9. The number of nitrogens with zero attached hydrogens (tertiary/aromatic N) is 3. The van der Waals surface area contributed by atoms with Crippen LogP contribution in [0.4, 0.5) is 5.95 Å². The van der Waals surface area contributed by atoms with Gasteiger partial charge in [0.2, 0.25) is 5.95 Å². The van der Waals surface area contributed by atoms with Gasteiger partial charge in [0.05, 0.1) is 0 Å². The average Bonchev–Trinajstić information content (AvgIpc) is 2.36. The lowest BCUT2D eigenvalue weighted by Gasteiger charge is -2.43. The molecule has 1 aromatic rings. The average molecular weight is 301 g/mol. The zero-order valence-corrected chi connectivity index (χ0v) is 12.5. The maximum Gasteiger partial charge on any atom is 0.228 e. The van der Waals surface area contributed by atoms with Crippen LogP contribution in [0.3, 0.4) is 0 Å². The quantitative estimate of drug-likeness (QED) is 0.853. The number of nitrogens with one attached hydrogen (secondary N) is 1. The minimum absolute atomic E-state index is 0.399. The summed E-state index contributed by atoms with van der Waals surface area (Å²) in [6.45, 7) is 0. The van der Waals surface area contributed by atoms with Crippen LogP contribution >= 0.6 is 23.2 Å². The van der Waals surface area contributed by atoms with Gasteiger partial charge < -0.3 is 10.2 Å². The molecular formula is C13H18Cl2N4. The molecule has 19 heavy (non-hydrogen) atoms. The van der Waals surface area contributed by atoms with Crippen LogP contribution in [0.5, 0.6) is 0 Å². The van der Waals surface area contributed by atoms with Crippen molar-refractivity contribution in [2.24, 2.45) is 0 Å². The predicted molar refractivity (Wildman–Crippen MR) is 78.0 cm³/mol. The van der Waals surface area contributed by atoms with Crippen molar-refractivity contribution in [1.82, 2.24) is 15.3 Å². The molecule has 3 atom stereocenters. The summed E-state index contributed by atoms with van der Waals surface area (Å²) in [5.74, 6) is 0.627. The van der Waals surface area contributed by atoms with Crippen molar-refractivity contribution in [1.29, 1.82) is 0 Å². The van der Waals surface area contributed by atoms with Crippen LogP contribution in [0.1, 0.15) is 32.1 Å². The minimum Gasteiger partial charge on any atom is -0.341 e. The Labute approximate surface area is 123 Å². The van der Waals surface area contributed by atoms with Gasteiger partial charge in [-0.05, 0) is 25.7 Å². The molecule has 2 aliphatic rings. The van der Waals surface area contributed by atoms with E-state index in [0.717, 1.165) is 12.8 Å². The van der Waals surface area contributed by atoms with E-state index in [1.54, 1.807) is 6.07 Å². The zero-order chi connectivity index (χ0) is 13.4. The van der Waals surface area contributed by atoms with Crippen molar-refractivity contribution in [2.75, 3.05) is 11.9 Å². The maximum absolute atomic E-state index is 5.95. The second kappa shape index (κ2) is 5.43. The van der Waals surface area contributed by atoms with E-state index in [1.807, 2.05) is 7.05 Å². The highest BCUT2D eigenvalue weighted by Gasteiger charge is 2.33. The lowest BCUT2D eigenvalue weighted by molar-refractivity contribution is 0.218. The van der Waals surface area contributed by atoms with E-state index in [1.165, 1.54) is 19.3 Å². The second-order valence-corrected chi connectivity index (χ2v) is 6.32. The van der Waals surface area contributed by atoms with Gasteiger partial charge >= 0.3 is 0 Å². The number of hydrogen-bond acceptors (Lipinski definition) is 4. The van der Waals surface area contributed by atoms with Crippen LogP contribution < -0.4 is 10.2 Å². The first-order chi connectivity index (χ1) is 9.11. The molecule has 3 heterocycles. The topological polar surface area (TPSA) is 41.1 Å². The molecule has 3 rings (SSSR count). The van der Waals surface area contributed by atoms with Gasteiger partial charge in [-0.15, -0.1) is 0 Å². The molecule has 2 saturated heterocycles. The highest BCUT2D eigenvalue weighted by atomic mass is 35.5. The Kier molecular flexibility index (Phi) is 3.83. The molecule has 1 N–H and O–H groups in total. The first kappa shape index (κ1) is 13.4. The van der Waals surface area contributed by atoms with Crippen molar-refractivity contribution in [3.8, 4) is 0 Å². The normalized spacial score (nSPS) is 30.2. The molecule has 0 aromatic carbocycles. The van der Waals surface area contributed by atoms with Crippen molar-refractivity contribution in [3.05, 3.63) is 16.4 Å². The van der Waals surface area contributed by atoms with Crippen LogP contribution in [0.2, 0.25) is 10.3 Å². The monoisotopic (exact) mass is 300 g/mol. The van der Waals surface area contributed by atoms with Gasteiger partial charge in [-0.3, -0.25) is 0 Å².